The van der Waals surface area contributed by atoms with Crippen molar-refractivity contribution in [3.8, 4) is 17.2 Å². The molecule has 3 aromatic rings. The second kappa shape index (κ2) is 12.8. The monoisotopic (exact) mass is 484 g/mol. The van der Waals surface area contributed by atoms with E-state index in [1.807, 2.05) is 89.2 Å². The third kappa shape index (κ3) is 9.47. The highest BCUT2D eigenvalue weighted by Crippen LogP contribution is 2.21. The maximum Gasteiger partial charge on any atom is 0.196 e. The molecular formula is C32H36O4. The average Bonchev–Trinajstić information content (AvgIpc) is 2.83. The lowest BCUT2D eigenvalue weighted by Crippen LogP contribution is -2.22. The molecule has 0 bridgehead atoms. The SMILES string of the molecule is CCOC(C)Oc1ccc(C=CC(C=Cc2ccc(O)cc2)=Cc2ccc(OC(C)(C)C)cc2)cc1. The van der Waals surface area contributed by atoms with Crippen molar-refractivity contribution in [2.45, 2.75) is 46.5 Å². The molecular weight excluding hydrogens is 448 g/mol. The van der Waals surface area contributed by atoms with E-state index >= 15 is 0 Å². The van der Waals surface area contributed by atoms with Crippen molar-refractivity contribution in [1.29, 1.82) is 0 Å². The summed E-state index contributed by atoms with van der Waals surface area (Å²) in [6.07, 6.45) is 10.1. The van der Waals surface area contributed by atoms with Crippen LogP contribution in [0.2, 0.25) is 0 Å². The van der Waals surface area contributed by atoms with Crippen LogP contribution in [0.1, 0.15) is 51.3 Å². The molecule has 4 nitrogen and oxygen atoms in total. The van der Waals surface area contributed by atoms with Gasteiger partial charge in [-0.3, -0.25) is 0 Å². The molecule has 0 aliphatic heterocycles. The Morgan fingerprint density at radius 2 is 1.28 bits per heavy atom. The molecule has 1 atom stereocenters. The zero-order valence-corrected chi connectivity index (χ0v) is 21.8. The third-order valence-electron chi connectivity index (χ3n) is 5.05. The molecule has 0 heterocycles. The number of allylic oxidation sites excluding steroid dienone is 3. The normalized spacial score (nSPS) is 13.3. The van der Waals surface area contributed by atoms with E-state index in [0.29, 0.717) is 6.61 Å². The lowest BCUT2D eigenvalue weighted by Gasteiger charge is -2.21. The van der Waals surface area contributed by atoms with Crippen LogP contribution in [0, 0.1) is 0 Å². The quantitative estimate of drug-likeness (QED) is 0.233. The summed E-state index contributed by atoms with van der Waals surface area (Å²) in [4.78, 5) is 0. The summed E-state index contributed by atoms with van der Waals surface area (Å²) >= 11 is 0. The van der Waals surface area contributed by atoms with E-state index in [1.165, 1.54) is 0 Å². The Hall–Kier alpha value is -3.76. The fourth-order valence-corrected chi connectivity index (χ4v) is 3.42. The first-order chi connectivity index (χ1) is 17.2. The molecule has 0 fully saturated rings. The number of benzene rings is 3. The van der Waals surface area contributed by atoms with Crippen LogP contribution in [-0.2, 0) is 4.74 Å². The third-order valence-corrected chi connectivity index (χ3v) is 5.05. The van der Waals surface area contributed by atoms with Gasteiger partial charge in [0.1, 0.15) is 22.8 Å². The zero-order chi connectivity index (χ0) is 26.0. The maximum atomic E-state index is 9.55. The molecule has 0 spiro atoms. The first-order valence-corrected chi connectivity index (χ1v) is 12.2. The Balaban J connectivity index is 1.81. The van der Waals surface area contributed by atoms with E-state index in [2.05, 4.69) is 36.4 Å². The van der Waals surface area contributed by atoms with Gasteiger partial charge in [-0.2, -0.15) is 0 Å². The zero-order valence-electron chi connectivity index (χ0n) is 21.8. The van der Waals surface area contributed by atoms with E-state index in [-0.39, 0.29) is 17.6 Å². The summed E-state index contributed by atoms with van der Waals surface area (Å²) in [6.45, 7) is 10.6. The van der Waals surface area contributed by atoms with Crippen LogP contribution < -0.4 is 9.47 Å². The van der Waals surface area contributed by atoms with Crippen molar-refractivity contribution in [3.05, 3.63) is 107 Å². The van der Waals surface area contributed by atoms with E-state index < -0.39 is 0 Å². The molecule has 0 amide bonds. The molecule has 1 unspecified atom stereocenters. The van der Waals surface area contributed by atoms with Crippen LogP contribution >= 0.6 is 0 Å². The van der Waals surface area contributed by atoms with Crippen molar-refractivity contribution in [2.24, 2.45) is 0 Å². The van der Waals surface area contributed by atoms with Crippen LogP contribution in [0.5, 0.6) is 17.2 Å². The molecule has 36 heavy (non-hydrogen) atoms. The van der Waals surface area contributed by atoms with Crippen LogP contribution in [0.4, 0.5) is 0 Å². The van der Waals surface area contributed by atoms with E-state index in [9.17, 15) is 5.11 Å². The van der Waals surface area contributed by atoms with Gasteiger partial charge in [-0.15, -0.1) is 0 Å². The highest BCUT2D eigenvalue weighted by Gasteiger charge is 2.11. The number of phenolic OH excluding ortho intramolecular Hbond substituents is 1. The van der Waals surface area contributed by atoms with Crippen molar-refractivity contribution in [2.75, 3.05) is 6.61 Å². The van der Waals surface area contributed by atoms with Gasteiger partial charge < -0.3 is 19.3 Å². The van der Waals surface area contributed by atoms with Crippen molar-refractivity contribution >= 4 is 18.2 Å². The molecule has 188 valence electrons. The van der Waals surface area contributed by atoms with Crippen molar-refractivity contribution in [1.82, 2.24) is 0 Å². The number of hydrogen-bond acceptors (Lipinski definition) is 4. The van der Waals surface area contributed by atoms with Gasteiger partial charge in [0, 0.05) is 6.61 Å². The number of ether oxygens (including phenoxy) is 3. The second-order valence-corrected chi connectivity index (χ2v) is 9.40. The Bertz CT molecular complexity index is 1160. The molecule has 3 rings (SSSR count). The highest BCUT2D eigenvalue weighted by atomic mass is 16.7. The summed E-state index contributed by atoms with van der Waals surface area (Å²) in [5.41, 5.74) is 3.92. The first-order valence-electron chi connectivity index (χ1n) is 12.2. The molecule has 1 N–H and O–H groups in total. The van der Waals surface area contributed by atoms with Gasteiger partial charge in [0.15, 0.2) is 6.29 Å². The molecule has 0 radical (unpaired) electrons. The predicted molar refractivity (Wildman–Crippen MR) is 149 cm³/mol. The van der Waals surface area contributed by atoms with Crippen molar-refractivity contribution < 1.29 is 19.3 Å². The van der Waals surface area contributed by atoms with Gasteiger partial charge in [0.25, 0.3) is 0 Å². The topological polar surface area (TPSA) is 47.9 Å². The Labute approximate surface area is 215 Å². The Kier molecular flexibility index (Phi) is 9.54. The standard InChI is InChI=1S/C32H36O4/c1-6-34-24(2)35-30-19-13-26(14-20-30)8-10-27(9-7-25-11-17-29(33)18-12-25)23-28-15-21-31(22-16-28)36-32(3,4)5/h7-24,33H,6H2,1-5H3. The fourth-order valence-electron chi connectivity index (χ4n) is 3.42. The minimum absolute atomic E-state index is 0.236. The Morgan fingerprint density at radius 1 is 0.778 bits per heavy atom. The molecule has 0 saturated carbocycles. The minimum atomic E-state index is -0.281. The first kappa shape index (κ1) is 26.8. The summed E-state index contributed by atoms with van der Waals surface area (Å²) < 4.78 is 17.1. The smallest absolute Gasteiger partial charge is 0.196 e. The van der Waals surface area contributed by atoms with E-state index in [0.717, 1.165) is 33.8 Å². The molecule has 0 aromatic heterocycles. The van der Waals surface area contributed by atoms with Crippen LogP contribution in [0.25, 0.3) is 18.2 Å². The van der Waals surface area contributed by atoms with Gasteiger partial charge in [0.2, 0.25) is 0 Å². The van der Waals surface area contributed by atoms with Crippen molar-refractivity contribution in [3.63, 3.8) is 0 Å². The Morgan fingerprint density at radius 3 is 1.81 bits per heavy atom. The number of rotatable bonds is 10. The number of phenols is 1. The highest BCUT2D eigenvalue weighted by molar-refractivity contribution is 5.68. The molecule has 3 aromatic carbocycles. The summed E-state index contributed by atoms with van der Waals surface area (Å²) in [5.74, 6) is 1.87. The lowest BCUT2D eigenvalue weighted by molar-refractivity contribution is -0.0613. The summed E-state index contributed by atoms with van der Waals surface area (Å²) in [5, 5.41) is 9.55. The summed E-state index contributed by atoms with van der Waals surface area (Å²) in [7, 11) is 0. The second-order valence-electron chi connectivity index (χ2n) is 9.40. The largest absolute Gasteiger partial charge is 0.508 e. The van der Waals surface area contributed by atoms with Gasteiger partial charge in [-0.25, -0.2) is 0 Å². The van der Waals surface area contributed by atoms with Crippen LogP contribution in [0.15, 0.2) is 90.5 Å². The number of hydrogen-bond donors (Lipinski definition) is 1. The fraction of sp³-hybridized carbons (Fsp3) is 0.250. The molecule has 0 saturated heterocycles. The molecule has 4 heteroatoms. The summed E-state index contributed by atoms with van der Waals surface area (Å²) in [6, 6.07) is 23.1. The lowest BCUT2D eigenvalue weighted by atomic mass is 10.1. The number of aromatic hydroxyl groups is 1. The minimum Gasteiger partial charge on any atom is -0.508 e. The van der Waals surface area contributed by atoms with Gasteiger partial charge in [0.05, 0.1) is 0 Å². The average molecular weight is 485 g/mol. The van der Waals surface area contributed by atoms with E-state index in [1.54, 1.807) is 12.1 Å². The van der Waals surface area contributed by atoms with Crippen LogP contribution in [-0.4, -0.2) is 23.6 Å². The van der Waals surface area contributed by atoms with Gasteiger partial charge in [-0.1, -0.05) is 60.7 Å². The maximum absolute atomic E-state index is 9.55. The van der Waals surface area contributed by atoms with Gasteiger partial charge in [-0.05, 0) is 99.4 Å². The molecule has 0 aliphatic rings. The predicted octanol–water partition coefficient (Wildman–Crippen LogP) is 8.14. The van der Waals surface area contributed by atoms with E-state index in [4.69, 9.17) is 14.2 Å². The van der Waals surface area contributed by atoms with Crippen LogP contribution in [0.3, 0.4) is 0 Å². The molecule has 0 aliphatic carbocycles. The van der Waals surface area contributed by atoms with Gasteiger partial charge >= 0.3 is 0 Å².